The number of carbonyl (C=O) groups excluding carboxylic acids is 1. The first kappa shape index (κ1) is 19.1. The molecule has 1 amide bonds. The Morgan fingerprint density at radius 3 is 2.83 bits per heavy atom. The number of pyridine rings is 1. The number of halogens is 1. The summed E-state index contributed by atoms with van der Waals surface area (Å²) in [5.41, 5.74) is 3.11. The van der Waals surface area contributed by atoms with E-state index < -0.39 is 12.0 Å². The number of hydrogen-bond donors (Lipinski definition) is 1. The van der Waals surface area contributed by atoms with E-state index in [2.05, 4.69) is 10.1 Å². The molecule has 1 aliphatic heterocycles. The molecule has 0 saturated heterocycles. The number of aromatic nitrogens is 1. The van der Waals surface area contributed by atoms with Crippen LogP contribution in [0.4, 0.5) is 0 Å². The monoisotopic (exact) mass is 411 g/mol. The highest BCUT2D eigenvalue weighted by Crippen LogP contribution is 2.37. The maximum Gasteiger partial charge on any atom is 0.303 e. The van der Waals surface area contributed by atoms with Crippen LogP contribution < -0.4 is 0 Å². The zero-order valence-electron chi connectivity index (χ0n) is 15.6. The summed E-state index contributed by atoms with van der Waals surface area (Å²) >= 11 is 6.49. The molecule has 3 heterocycles. The van der Waals surface area contributed by atoms with E-state index in [4.69, 9.17) is 21.1 Å². The standard InChI is InChI=1S/C21H18ClN3O4/c1-12-4-5-13-10-14(21(22)23-15(13)9-12)17-11-16(18-3-2-8-29-18)24-25(17)19(26)6-7-20(27)28/h2-5,8-10,17H,6-7,11H2,1H3,(H,27,28)/t17-/m0/s1. The Labute approximate surface area is 171 Å². The molecule has 3 aromatic rings. The number of rotatable bonds is 5. The molecule has 1 aliphatic rings. The molecule has 0 bridgehead atoms. The van der Waals surface area contributed by atoms with Crippen LogP contribution in [0, 0.1) is 6.92 Å². The molecule has 8 heteroatoms. The third-order valence-electron chi connectivity index (χ3n) is 4.84. The average Bonchev–Trinajstić information content (AvgIpc) is 3.35. The topological polar surface area (TPSA) is 96.0 Å². The van der Waals surface area contributed by atoms with Crippen molar-refractivity contribution in [1.29, 1.82) is 0 Å². The van der Waals surface area contributed by atoms with Gasteiger partial charge in [0.1, 0.15) is 16.6 Å². The Hall–Kier alpha value is -3.19. The van der Waals surface area contributed by atoms with Gasteiger partial charge in [-0.15, -0.1) is 0 Å². The minimum atomic E-state index is -1.04. The summed E-state index contributed by atoms with van der Waals surface area (Å²) in [5.74, 6) is -0.867. The maximum atomic E-state index is 12.7. The van der Waals surface area contributed by atoms with Crippen molar-refractivity contribution in [3.05, 3.63) is 64.7 Å². The van der Waals surface area contributed by atoms with Gasteiger partial charge in [-0.3, -0.25) is 9.59 Å². The van der Waals surface area contributed by atoms with Crippen LogP contribution in [0.25, 0.3) is 10.9 Å². The number of hydrogen-bond acceptors (Lipinski definition) is 5. The fourth-order valence-electron chi connectivity index (χ4n) is 3.41. The van der Waals surface area contributed by atoms with Gasteiger partial charge in [-0.05, 0) is 36.8 Å². The lowest BCUT2D eigenvalue weighted by atomic mass is 10.00. The van der Waals surface area contributed by atoms with Gasteiger partial charge < -0.3 is 9.52 Å². The van der Waals surface area contributed by atoms with Gasteiger partial charge in [-0.2, -0.15) is 5.10 Å². The van der Waals surface area contributed by atoms with Crippen LogP contribution in [0.2, 0.25) is 5.15 Å². The van der Waals surface area contributed by atoms with Crippen LogP contribution in [0.15, 0.2) is 52.2 Å². The number of carboxylic acid groups (broad SMARTS) is 1. The summed E-state index contributed by atoms with van der Waals surface area (Å²) < 4.78 is 5.43. The highest BCUT2D eigenvalue weighted by Gasteiger charge is 2.35. The number of aliphatic carboxylic acids is 1. The van der Waals surface area contributed by atoms with Crippen molar-refractivity contribution in [3.8, 4) is 0 Å². The second-order valence-electron chi connectivity index (χ2n) is 6.94. The second kappa shape index (κ2) is 7.67. The number of fused-ring (bicyclic) bond motifs is 1. The zero-order valence-corrected chi connectivity index (χ0v) is 16.4. The molecular formula is C21H18ClN3O4. The van der Waals surface area contributed by atoms with Gasteiger partial charge in [0.05, 0.1) is 24.2 Å². The predicted molar refractivity (Wildman–Crippen MR) is 108 cm³/mol. The number of benzene rings is 1. The van der Waals surface area contributed by atoms with Crippen LogP contribution in [0.3, 0.4) is 0 Å². The van der Waals surface area contributed by atoms with Gasteiger partial charge in [0, 0.05) is 23.8 Å². The van der Waals surface area contributed by atoms with E-state index in [1.165, 1.54) is 11.3 Å². The van der Waals surface area contributed by atoms with Crippen molar-refractivity contribution in [2.75, 3.05) is 0 Å². The quantitative estimate of drug-likeness (QED) is 0.630. The van der Waals surface area contributed by atoms with Crippen LogP contribution in [0.1, 0.15) is 42.2 Å². The third kappa shape index (κ3) is 3.86. The predicted octanol–water partition coefficient (Wildman–Crippen LogP) is 4.33. The molecule has 0 radical (unpaired) electrons. The molecule has 0 saturated carbocycles. The van der Waals surface area contributed by atoms with Gasteiger partial charge in [-0.25, -0.2) is 9.99 Å². The fraction of sp³-hybridized carbons (Fsp3) is 0.238. The first-order chi connectivity index (χ1) is 13.9. The summed E-state index contributed by atoms with van der Waals surface area (Å²) in [7, 11) is 0. The molecule has 1 aromatic carbocycles. The first-order valence-corrected chi connectivity index (χ1v) is 9.52. The summed E-state index contributed by atoms with van der Waals surface area (Å²) in [6.07, 6.45) is 1.51. The minimum Gasteiger partial charge on any atom is -0.481 e. The van der Waals surface area contributed by atoms with Crippen molar-refractivity contribution >= 4 is 40.1 Å². The molecule has 1 atom stereocenters. The number of aryl methyl sites for hydroxylation is 1. The SMILES string of the molecule is Cc1ccc2cc([C@@H]3CC(c4ccco4)=NN3C(=O)CCC(=O)O)c(Cl)nc2c1. The van der Waals surface area contributed by atoms with Gasteiger partial charge in [0.15, 0.2) is 0 Å². The zero-order chi connectivity index (χ0) is 20.5. The number of amides is 1. The van der Waals surface area contributed by atoms with Crippen LogP contribution in [-0.2, 0) is 9.59 Å². The van der Waals surface area contributed by atoms with E-state index in [0.29, 0.717) is 28.6 Å². The summed E-state index contributed by atoms with van der Waals surface area (Å²) in [5, 5.41) is 15.9. The smallest absolute Gasteiger partial charge is 0.303 e. The third-order valence-corrected chi connectivity index (χ3v) is 5.14. The summed E-state index contributed by atoms with van der Waals surface area (Å²) in [4.78, 5) is 28.1. The van der Waals surface area contributed by atoms with E-state index in [0.717, 1.165) is 16.5 Å². The van der Waals surface area contributed by atoms with Crippen molar-refractivity contribution < 1.29 is 19.1 Å². The molecule has 0 spiro atoms. The number of nitrogens with zero attached hydrogens (tertiary/aromatic N) is 3. The Morgan fingerprint density at radius 2 is 2.10 bits per heavy atom. The number of hydrazone groups is 1. The van der Waals surface area contributed by atoms with E-state index in [-0.39, 0.29) is 18.7 Å². The van der Waals surface area contributed by atoms with Gasteiger partial charge >= 0.3 is 5.97 Å². The van der Waals surface area contributed by atoms with Gasteiger partial charge in [-0.1, -0.05) is 23.7 Å². The van der Waals surface area contributed by atoms with Crippen LogP contribution in [0.5, 0.6) is 0 Å². The van der Waals surface area contributed by atoms with E-state index >= 15 is 0 Å². The molecule has 0 unspecified atom stereocenters. The maximum absolute atomic E-state index is 12.7. The lowest BCUT2D eigenvalue weighted by molar-refractivity contribution is -0.141. The van der Waals surface area contributed by atoms with Crippen molar-refractivity contribution in [2.24, 2.45) is 5.10 Å². The number of carbonyl (C=O) groups is 2. The molecule has 2 aromatic heterocycles. The Kier molecular flexibility index (Phi) is 5.07. The Morgan fingerprint density at radius 1 is 1.28 bits per heavy atom. The average molecular weight is 412 g/mol. The van der Waals surface area contributed by atoms with Crippen molar-refractivity contribution in [3.63, 3.8) is 0 Å². The normalized spacial score (nSPS) is 16.3. The molecule has 29 heavy (non-hydrogen) atoms. The summed E-state index contributed by atoms with van der Waals surface area (Å²) in [6, 6.07) is 10.8. The largest absolute Gasteiger partial charge is 0.481 e. The lowest BCUT2D eigenvalue weighted by Gasteiger charge is -2.22. The highest BCUT2D eigenvalue weighted by molar-refractivity contribution is 6.30. The molecule has 0 fully saturated rings. The van der Waals surface area contributed by atoms with Gasteiger partial charge in [0.25, 0.3) is 0 Å². The number of furan rings is 1. The van der Waals surface area contributed by atoms with Crippen LogP contribution in [-0.4, -0.2) is 32.7 Å². The molecular weight excluding hydrogens is 394 g/mol. The number of carboxylic acids is 1. The van der Waals surface area contributed by atoms with Crippen LogP contribution >= 0.6 is 11.6 Å². The Bertz CT molecular complexity index is 1120. The minimum absolute atomic E-state index is 0.154. The fourth-order valence-corrected chi connectivity index (χ4v) is 3.68. The van der Waals surface area contributed by atoms with Gasteiger partial charge in [0.2, 0.25) is 5.91 Å². The lowest BCUT2D eigenvalue weighted by Crippen LogP contribution is -2.27. The molecule has 1 N–H and O–H groups in total. The summed E-state index contributed by atoms with van der Waals surface area (Å²) in [6.45, 7) is 1.98. The van der Waals surface area contributed by atoms with Crippen molar-refractivity contribution in [2.45, 2.75) is 32.2 Å². The van der Waals surface area contributed by atoms with E-state index in [1.807, 2.05) is 31.2 Å². The molecule has 7 nitrogen and oxygen atoms in total. The molecule has 0 aliphatic carbocycles. The molecule has 4 rings (SSSR count). The Balaban J connectivity index is 1.73. The van der Waals surface area contributed by atoms with E-state index in [9.17, 15) is 9.59 Å². The van der Waals surface area contributed by atoms with Crippen molar-refractivity contribution in [1.82, 2.24) is 9.99 Å². The molecule has 148 valence electrons. The second-order valence-corrected chi connectivity index (χ2v) is 7.30. The van der Waals surface area contributed by atoms with E-state index in [1.54, 1.807) is 12.1 Å². The highest BCUT2D eigenvalue weighted by atomic mass is 35.5. The first-order valence-electron chi connectivity index (χ1n) is 9.14.